The molecular formula is C21H45N2S-. The van der Waals surface area contributed by atoms with Crippen LogP contribution in [-0.4, -0.2) is 19.8 Å². The molecule has 3 heteroatoms. The molecule has 0 aliphatic carbocycles. The number of hydrogen-bond donors (Lipinski definition) is 2. The molecule has 0 aliphatic rings. The summed E-state index contributed by atoms with van der Waals surface area (Å²) in [5, 5.41) is 6.35. The largest absolute Gasteiger partial charge is 0.446 e. The first-order valence-corrected chi connectivity index (χ1v) is 11.7. The highest BCUT2D eigenvalue weighted by atomic mass is 32.2. The normalized spacial score (nSPS) is 11.5. The SMILES string of the molecule is CCCCCCCCCCCCCCCCCCS[C-](NC)NC. The van der Waals surface area contributed by atoms with E-state index in [0.29, 0.717) is 0 Å². The maximum Gasteiger partial charge on any atom is -0.0350 e. The molecular weight excluding hydrogens is 312 g/mol. The summed E-state index contributed by atoms with van der Waals surface area (Å²) in [6.07, 6.45) is 23.1. The predicted molar refractivity (Wildman–Crippen MR) is 113 cm³/mol. The van der Waals surface area contributed by atoms with Crippen LogP contribution < -0.4 is 10.6 Å². The zero-order valence-electron chi connectivity index (χ0n) is 16.9. The van der Waals surface area contributed by atoms with Gasteiger partial charge in [-0.25, -0.2) is 0 Å². The number of unbranched alkanes of at least 4 members (excludes halogenated alkanes) is 15. The van der Waals surface area contributed by atoms with E-state index in [-0.39, 0.29) is 0 Å². The quantitative estimate of drug-likeness (QED) is 0.184. The molecule has 0 bridgehead atoms. The van der Waals surface area contributed by atoms with Crippen molar-refractivity contribution in [3.8, 4) is 0 Å². The Morgan fingerprint density at radius 2 is 0.875 bits per heavy atom. The van der Waals surface area contributed by atoms with Crippen molar-refractivity contribution in [1.82, 2.24) is 10.6 Å². The van der Waals surface area contributed by atoms with Crippen LogP contribution in [0.4, 0.5) is 0 Å². The average molecular weight is 358 g/mol. The molecule has 2 nitrogen and oxygen atoms in total. The molecule has 0 aromatic heterocycles. The molecule has 24 heavy (non-hydrogen) atoms. The zero-order valence-corrected chi connectivity index (χ0v) is 17.7. The van der Waals surface area contributed by atoms with Gasteiger partial charge in [0.1, 0.15) is 0 Å². The lowest BCUT2D eigenvalue weighted by molar-refractivity contribution is 0.531. The Kier molecular flexibility index (Phi) is 21.6. The molecule has 0 aromatic rings. The molecule has 0 unspecified atom stereocenters. The molecule has 2 N–H and O–H groups in total. The van der Waals surface area contributed by atoms with Crippen LogP contribution in [0, 0.1) is 5.50 Å². The Hall–Kier alpha value is 0.270. The lowest BCUT2D eigenvalue weighted by Crippen LogP contribution is -2.25. The van der Waals surface area contributed by atoms with Gasteiger partial charge in [-0.2, -0.15) is 0 Å². The Balaban J connectivity index is 3.03. The van der Waals surface area contributed by atoms with Crippen LogP contribution in [0.1, 0.15) is 110 Å². The summed E-state index contributed by atoms with van der Waals surface area (Å²) in [6, 6.07) is 0. The molecule has 0 fully saturated rings. The van der Waals surface area contributed by atoms with Gasteiger partial charge in [0, 0.05) is 0 Å². The van der Waals surface area contributed by atoms with E-state index in [4.69, 9.17) is 0 Å². The second kappa shape index (κ2) is 21.3. The Morgan fingerprint density at radius 1 is 0.542 bits per heavy atom. The summed E-state index contributed by atoms with van der Waals surface area (Å²) in [5.74, 6) is 1.23. The van der Waals surface area contributed by atoms with Crippen molar-refractivity contribution in [2.75, 3.05) is 19.8 Å². The minimum atomic E-state index is 1.19. The molecule has 0 saturated heterocycles. The van der Waals surface area contributed by atoms with Crippen molar-refractivity contribution in [2.45, 2.75) is 110 Å². The Labute approximate surface area is 157 Å². The molecule has 0 amide bonds. The van der Waals surface area contributed by atoms with Gasteiger partial charge in [0.15, 0.2) is 0 Å². The first-order valence-electron chi connectivity index (χ1n) is 10.7. The highest BCUT2D eigenvalue weighted by Crippen LogP contribution is 2.16. The molecule has 0 atom stereocenters. The summed E-state index contributed by atoms with van der Waals surface area (Å²) < 4.78 is 0. The molecule has 0 rings (SSSR count). The maximum atomic E-state index is 3.17. The molecule has 0 aliphatic heterocycles. The topological polar surface area (TPSA) is 24.1 Å². The van der Waals surface area contributed by atoms with Crippen LogP contribution in [0.5, 0.6) is 0 Å². The number of hydrogen-bond acceptors (Lipinski definition) is 3. The fourth-order valence-corrected chi connectivity index (χ4v) is 3.93. The van der Waals surface area contributed by atoms with Crippen LogP contribution in [0.25, 0.3) is 0 Å². The first kappa shape index (κ1) is 24.3. The van der Waals surface area contributed by atoms with Gasteiger partial charge in [-0.05, 0) is 26.3 Å². The standard InChI is InChI=1S/C21H45N2S/c1-4-5-6-7-8-9-10-11-12-13-14-15-16-17-18-19-20-24-21(22-2)23-3/h22-23H,4-20H2,1-3H3/q-1. The van der Waals surface area contributed by atoms with Crippen LogP contribution in [0.2, 0.25) is 0 Å². The van der Waals surface area contributed by atoms with E-state index < -0.39 is 0 Å². The van der Waals surface area contributed by atoms with E-state index in [9.17, 15) is 0 Å². The van der Waals surface area contributed by atoms with Crippen LogP contribution >= 0.6 is 11.8 Å². The van der Waals surface area contributed by atoms with Gasteiger partial charge < -0.3 is 22.4 Å². The van der Waals surface area contributed by atoms with E-state index >= 15 is 0 Å². The summed E-state index contributed by atoms with van der Waals surface area (Å²) in [4.78, 5) is 0. The van der Waals surface area contributed by atoms with E-state index in [1.165, 1.54) is 114 Å². The van der Waals surface area contributed by atoms with Gasteiger partial charge in [-0.15, -0.1) is 5.50 Å². The Morgan fingerprint density at radius 3 is 1.21 bits per heavy atom. The van der Waals surface area contributed by atoms with Crippen molar-refractivity contribution in [3.05, 3.63) is 5.50 Å². The molecule has 0 saturated carbocycles. The molecule has 0 aromatic carbocycles. The Bertz CT molecular complexity index is 220. The zero-order chi connectivity index (χ0) is 17.7. The molecule has 0 spiro atoms. The van der Waals surface area contributed by atoms with E-state index in [1.54, 1.807) is 0 Å². The number of thioether (sulfide) groups is 1. The van der Waals surface area contributed by atoms with Crippen LogP contribution in [0.15, 0.2) is 0 Å². The van der Waals surface area contributed by atoms with E-state index in [0.717, 1.165) is 0 Å². The summed E-state index contributed by atoms with van der Waals surface area (Å²) in [7, 11) is 3.96. The second-order valence-electron chi connectivity index (χ2n) is 6.98. The average Bonchev–Trinajstić information content (AvgIpc) is 2.61. The summed E-state index contributed by atoms with van der Waals surface area (Å²) in [5.41, 5.74) is 1.19. The van der Waals surface area contributed by atoms with Crippen molar-refractivity contribution in [3.63, 3.8) is 0 Å². The van der Waals surface area contributed by atoms with Gasteiger partial charge in [0.25, 0.3) is 0 Å². The lowest BCUT2D eigenvalue weighted by Gasteiger charge is -2.29. The van der Waals surface area contributed by atoms with Crippen molar-refractivity contribution in [2.24, 2.45) is 0 Å². The third-order valence-electron chi connectivity index (χ3n) is 4.70. The highest BCUT2D eigenvalue weighted by molar-refractivity contribution is 8.01. The second-order valence-corrected chi connectivity index (χ2v) is 8.09. The van der Waals surface area contributed by atoms with Crippen LogP contribution in [-0.2, 0) is 0 Å². The third-order valence-corrected chi connectivity index (χ3v) is 5.89. The highest BCUT2D eigenvalue weighted by Gasteiger charge is 1.95. The lowest BCUT2D eigenvalue weighted by atomic mass is 10.0. The fraction of sp³-hybridized carbons (Fsp3) is 0.952. The van der Waals surface area contributed by atoms with Crippen LogP contribution in [0.3, 0.4) is 0 Å². The van der Waals surface area contributed by atoms with Gasteiger partial charge in [0.05, 0.1) is 0 Å². The van der Waals surface area contributed by atoms with Crippen molar-refractivity contribution < 1.29 is 0 Å². The van der Waals surface area contributed by atoms with Crippen molar-refractivity contribution in [1.29, 1.82) is 0 Å². The minimum Gasteiger partial charge on any atom is -0.446 e. The molecule has 146 valence electrons. The smallest absolute Gasteiger partial charge is 0.0350 e. The van der Waals surface area contributed by atoms with Crippen molar-refractivity contribution >= 4 is 11.8 Å². The third kappa shape index (κ3) is 18.6. The van der Waals surface area contributed by atoms with E-state index in [2.05, 4.69) is 17.6 Å². The summed E-state index contributed by atoms with van der Waals surface area (Å²) >= 11 is 1.90. The maximum absolute atomic E-state index is 3.17. The minimum absolute atomic E-state index is 1.19. The van der Waals surface area contributed by atoms with Gasteiger partial charge in [-0.1, -0.05) is 103 Å². The van der Waals surface area contributed by atoms with Gasteiger partial charge in [-0.3, -0.25) is 0 Å². The number of rotatable bonds is 20. The van der Waals surface area contributed by atoms with Gasteiger partial charge >= 0.3 is 0 Å². The predicted octanol–water partition coefficient (Wildman–Crippen LogP) is 6.87. The van der Waals surface area contributed by atoms with E-state index in [1.807, 2.05) is 25.9 Å². The summed E-state index contributed by atoms with van der Waals surface area (Å²) in [6.45, 7) is 2.29. The first-order chi connectivity index (χ1) is 11.8. The monoisotopic (exact) mass is 357 g/mol. The molecule has 0 heterocycles. The number of nitrogens with one attached hydrogen (secondary N) is 2. The van der Waals surface area contributed by atoms with Gasteiger partial charge in [0.2, 0.25) is 0 Å². The fourth-order valence-electron chi connectivity index (χ4n) is 3.09. The molecule has 0 radical (unpaired) electrons.